The summed E-state index contributed by atoms with van der Waals surface area (Å²) in [4.78, 5) is 0.810. The standard InChI is InChI=1S/C9H19NS.Rb/c1-8(2,3)7(11)10-9(4,5)6;/h1-6H3,(H,10,11);/q;+1/p-1. The average molecular weight is 258 g/mol. The van der Waals surface area contributed by atoms with E-state index in [0.717, 1.165) is 4.99 Å². The molecule has 0 aromatic rings. The van der Waals surface area contributed by atoms with Gasteiger partial charge in [-0.1, -0.05) is 46.5 Å². The summed E-state index contributed by atoms with van der Waals surface area (Å²) in [5, 5.41) is 4.41. The molecule has 3 heteroatoms. The maximum atomic E-state index is 5.17. The SMILES string of the molecule is CC(C)(C)[N-]C(=S)C(C)(C)C.[Rb+]. The van der Waals surface area contributed by atoms with Crippen molar-refractivity contribution in [3.05, 3.63) is 5.32 Å². The van der Waals surface area contributed by atoms with Gasteiger partial charge < -0.3 is 5.32 Å². The molecule has 0 unspecified atom stereocenters. The second kappa shape index (κ2) is 5.55. The van der Waals surface area contributed by atoms with E-state index < -0.39 is 0 Å². The van der Waals surface area contributed by atoms with Gasteiger partial charge in [-0.25, -0.2) is 0 Å². The second-order valence-corrected chi connectivity index (χ2v) is 5.22. The minimum Gasteiger partial charge on any atom is -0.673 e. The molecule has 0 aromatic carbocycles. The van der Waals surface area contributed by atoms with Gasteiger partial charge in [0.25, 0.3) is 0 Å². The average Bonchev–Trinajstić information content (AvgIpc) is 1.56. The van der Waals surface area contributed by atoms with Crippen LogP contribution in [0.15, 0.2) is 0 Å². The molecular weight excluding hydrogens is 240 g/mol. The van der Waals surface area contributed by atoms with E-state index in [2.05, 4.69) is 46.9 Å². The third-order valence-electron chi connectivity index (χ3n) is 1.08. The van der Waals surface area contributed by atoms with Gasteiger partial charge in [0.15, 0.2) is 0 Å². The van der Waals surface area contributed by atoms with Crippen LogP contribution in [-0.2, 0) is 0 Å². The van der Waals surface area contributed by atoms with Gasteiger partial charge in [-0.05, 0) is 5.41 Å². The van der Waals surface area contributed by atoms with Gasteiger partial charge in [-0.2, -0.15) is 0 Å². The molecule has 0 radical (unpaired) electrons. The Kier molecular flexibility index (Phi) is 7.46. The third-order valence-corrected chi connectivity index (χ3v) is 1.78. The Hall–Kier alpha value is 1.70. The molecule has 0 aromatic heterocycles. The Morgan fingerprint density at radius 2 is 1.33 bits per heavy atom. The molecule has 0 aliphatic carbocycles. The smallest absolute Gasteiger partial charge is 0.673 e. The molecule has 0 atom stereocenters. The van der Waals surface area contributed by atoms with Crippen LogP contribution in [-0.4, -0.2) is 10.5 Å². The molecule has 66 valence electrons. The van der Waals surface area contributed by atoms with Crippen LogP contribution < -0.4 is 58.2 Å². The number of rotatable bonds is 0. The van der Waals surface area contributed by atoms with Crippen molar-refractivity contribution in [1.29, 1.82) is 0 Å². The molecule has 0 fully saturated rings. The zero-order chi connectivity index (χ0) is 9.28. The fraction of sp³-hybridized carbons (Fsp3) is 0.889. The number of thiocarbonyl (C=S) groups is 1. The van der Waals surface area contributed by atoms with Gasteiger partial charge in [-0.3, -0.25) is 0 Å². The van der Waals surface area contributed by atoms with Crippen LogP contribution in [0.3, 0.4) is 0 Å². The first-order valence-electron chi connectivity index (χ1n) is 3.90. The zero-order valence-corrected chi connectivity index (χ0v) is 15.1. The van der Waals surface area contributed by atoms with E-state index >= 15 is 0 Å². The molecule has 0 saturated carbocycles. The predicted molar refractivity (Wildman–Crippen MR) is 55.2 cm³/mol. The molecule has 0 bridgehead atoms. The quantitative estimate of drug-likeness (QED) is 0.578. The largest absolute Gasteiger partial charge is 1.00 e. The minimum atomic E-state index is -0.0373. The van der Waals surface area contributed by atoms with Gasteiger partial charge in [0.1, 0.15) is 0 Å². The molecule has 0 rings (SSSR count). The van der Waals surface area contributed by atoms with E-state index in [1.54, 1.807) is 0 Å². The van der Waals surface area contributed by atoms with Crippen LogP contribution in [0.5, 0.6) is 0 Å². The molecular formula is C9H18NRbS. The molecule has 0 aliphatic heterocycles. The Labute approximate surface area is 131 Å². The van der Waals surface area contributed by atoms with E-state index in [-0.39, 0.29) is 69.1 Å². The fourth-order valence-electron chi connectivity index (χ4n) is 0.472. The molecule has 0 saturated heterocycles. The topological polar surface area (TPSA) is 14.1 Å². The van der Waals surface area contributed by atoms with E-state index in [0.29, 0.717) is 0 Å². The molecule has 12 heavy (non-hydrogen) atoms. The number of hydrogen-bond acceptors (Lipinski definition) is 1. The van der Waals surface area contributed by atoms with E-state index in [1.807, 2.05) is 0 Å². The third kappa shape index (κ3) is 8.30. The van der Waals surface area contributed by atoms with Gasteiger partial charge in [-0.15, -0.1) is 17.8 Å². The maximum absolute atomic E-state index is 5.17. The van der Waals surface area contributed by atoms with Crippen molar-refractivity contribution < 1.29 is 58.2 Å². The van der Waals surface area contributed by atoms with Crippen LogP contribution in [0.2, 0.25) is 0 Å². The Morgan fingerprint density at radius 3 is 1.42 bits per heavy atom. The van der Waals surface area contributed by atoms with Crippen LogP contribution in [0, 0.1) is 5.41 Å². The summed E-state index contributed by atoms with van der Waals surface area (Å²) in [7, 11) is 0. The molecule has 0 aliphatic rings. The van der Waals surface area contributed by atoms with Crippen molar-refractivity contribution in [2.75, 3.05) is 0 Å². The first-order chi connectivity index (χ1) is 4.63. The van der Waals surface area contributed by atoms with Crippen molar-refractivity contribution in [1.82, 2.24) is 0 Å². The van der Waals surface area contributed by atoms with Crippen LogP contribution in [0.1, 0.15) is 41.5 Å². The summed E-state index contributed by atoms with van der Waals surface area (Å²) in [6.45, 7) is 12.4. The van der Waals surface area contributed by atoms with Crippen molar-refractivity contribution >= 4 is 17.2 Å². The first-order valence-corrected chi connectivity index (χ1v) is 4.31. The van der Waals surface area contributed by atoms with Crippen molar-refractivity contribution in [3.63, 3.8) is 0 Å². The van der Waals surface area contributed by atoms with Crippen molar-refractivity contribution in [2.24, 2.45) is 5.41 Å². The van der Waals surface area contributed by atoms with E-state index in [9.17, 15) is 0 Å². The van der Waals surface area contributed by atoms with E-state index in [1.165, 1.54) is 0 Å². The van der Waals surface area contributed by atoms with Crippen molar-refractivity contribution in [3.8, 4) is 0 Å². The van der Waals surface area contributed by atoms with Gasteiger partial charge in [0.05, 0.1) is 0 Å². The first kappa shape index (κ1) is 16.1. The summed E-state index contributed by atoms with van der Waals surface area (Å²) in [6.07, 6.45) is 0. The monoisotopic (exact) mass is 257 g/mol. The summed E-state index contributed by atoms with van der Waals surface area (Å²) < 4.78 is 0. The molecule has 1 nitrogen and oxygen atoms in total. The van der Waals surface area contributed by atoms with Gasteiger partial charge >= 0.3 is 58.2 Å². The molecule has 0 spiro atoms. The Balaban J connectivity index is 0. The van der Waals surface area contributed by atoms with Crippen molar-refractivity contribution in [2.45, 2.75) is 47.1 Å². The van der Waals surface area contributed by atoms with Gasteiger partial charge in [0, 0.05) is 0 Å². The van der Waals surface area contributed by atoms with Crippen LogP contribution >= 0.6 is 12.2 Å². The van der Waals surface area contributed by atoms with Crippen LogP contribution in [0.25, 0.3) is 5.32 Å². The molecule has 0 heterocycles. The molecule has 0 N–H and O–H groups in total. The normalized spacial score (nSPS) is 11.8. The fourth-order valence-corrected chi connectivity index (χ4v) is 0.746. The minimum absolute atomic E-state index is 0. The van der Waals surface area contributed by atoms with E-state index in [4.69, 9.17) is 12.2 Å². The summed E-state index contributed by atoms with van der Waals surface area (Å²) >= 11 is 5.17. The maximum Gasteiger partial charge on any atom is 1.00 e. The summed E-state index contributed by atoms with van der Waals surface area (Å²) in [5.41, 5.74) is -0.00697. The predicted octanol–water partition coefficient (Wildman–Crippen LogP) is 0.536. The Bertz CT molecular complexity index is 153. The second-order valence-electron chi connectivity index (χ2n) is 4.84. The summed E-state index contributed by atoms with van der Waals surface area (Å²) in [6, 6.07) is 0. The van der Waals surface area contributed by atoms with Crippen LogP contribution in [0.4, 0.5) is 0 Å². The Morgan fingerprint density at radius 1 is 1.00 bits per heavy atom. The summed E-state index contributed by atoms with van der Waals surface area (Å²) in [5.74, 6) is 0. The molecule has 0 amide bonds. The zero-order valence-electron chi connectivity index (χ0n) is 9.36. The van der Waals surface area contributed by atoms with Gasteiger partial charge in [0.2, 0.25) is 0 Å². The number of hydrogen-bond donors (Lipinski definition) is 0. The number of nitrogens with zero attached hydrogens (tertiary/aromatic N) is 1.